The summed E-state index contributed by atoms with van der Waals surface area (Å²) in [4.78, 5) is 0. The highest BCUT2D eigenvalue weighted by atomic mass is 16.5. The molecule has 1 heterocycles. The van der Waals surface area contributed by atoms with E-state index in [2.05, 4.69) is 19.1 Å². The van der Waals surface area contributed by atoms with Crippen molar-refractivity contribution in [2.24, 2.45) is 0 Å². The minimum atomic E-state index is -0.637. The molecule has 2 N–H and O–H groups in total. The van der Waals surface area contributed by atoms with Crippen molar-refractivity contribution >= 4 is 10.9 Å². The molecule has 0 saturated carbocycles. The van der Waals surface area contributed by atoms with E-state index in [1.54, 1.807) is 0 Å². The number of aryl methyl sites for hydroxylation is 3. The molecular formula is C21H25NO3. The summed E-state index contributed by atoms with van der Waals surface area (Å²) in [6, 6.07) is 12.1. The van der Waals surface area contributed by atoms with E-state index >= 15 is 0 Å². The fourth-order valence-electron chi connectivity index (χ4n) is 3.45. The minimum absolute atomic E-state index is 0.0120. The predicted molar refractivity (Wildman–Crippen MR) is 100 cm³/mol. The average Bonchev–Trinajstić information content (AvgIpc) is 2.92. The normalized spacial score (nSPS) is 12.5. The van der Waals surface area contributed by atoms with Crippen LogP contribution in [-0.2, 0) is 13.2 Å². The maximum absolute atomic E-state index is 10.4. The van der Waals surface area contributed by atoms with Crippen LogP contribution >= 0.6 is 0 Å². The number of aliphatic hydroxyl groups is 2. The lowest BCUT2D eigenvalue weighted by atomic mass is 10.1. The lowest BCUT2D eigenvalue weighted by molar-refractivity contribution is 0.0928. The Balaban J connectivity index is 1.73. The number of aromatic nitrogens is 1. The first-order valence-corrected chi connectivity index (χ1v) is 8.56. The van der Waals surface area contributed by atoms with Gasteiger partial charge < -0.3 is 19.5 Å². The Bertz CT molecular complexity index is 859. The van der Waals surface area contributed by atoms with E-state index < -0.39 is 6.10 Å². The molecule has 0 unspecified atom stereocenters. The van der Waals surface area contributed by atoms with E-state index in [-0.39, 0.29) is 13.2 Å². The van der Waals surface area contributed by atoms with Crippen molar-refractivity contribution in [1.29, 1.82) is 0 Å². The van der Waals surface area contributed by atoms with Crippen molar-refractivity contribution in [2.75, 3.05) is 6.61 Å². The number of para-hydroxylation sites is 1. The van der Waals surface area contributed by atoms with E-state index in [1.807, 2.05) is 48.9 Å². The quantitative estimate of drug-likeness (QED) is 0.723. The molecule has 4 heteroatoms. The molecule has 132 valence electrons. The standard InChI is InChI=1S/C21H25NO3/c1-14-8-15(2)21(16(3)9-14)25-13-18(24)11-22-10-17(12-23)19-6-4-5-7-20(19)22/h4-10,18,23-24H,11-13H2,1-3H3/t18-/m1/s1. The third kappa shape index (κ3) is 3.70. The first kappa shape index (κ1) is 17.5. The largest absolute Gasteiger partial charge is 0.490 e. The Morgan fingerprint density at radius 2 is 1.76 bits per heavy atom. The number of fused-ring (bicyclic) bond motifs is 1. The summed E-state index contributed by atoms with van der Waals surface area (Å²) in [5, 5.41) is 21.0. The lowest BCUT2D eigenvalue weighted by Crippen LogP contribution is -2.23. The van der Waals surface area contributed by atoms with Gasteiger partial charge >= 0.3 is 0 Å². The van der Waals surface area contributed by atoms with Crippen molar-refractivity contribution in [3.05, 3.63) is 64.8 Å². The number of benzene rings is 2. The van der Waals surface area contributed by atoms with Crippen LogP contribution in [-0.4, -0.2) is 27.5 Å². The van der Waals surface area contributed by atoms with Gasteiger partial charge in [-0.1, -0.05) is 35.9 Å². The number of nitrogens with zero attached hydrogens (tertiary/aromatic N) is 1. The molecule has 25 heavy (non-hydrogen) atoms. The molecule has 0 spiro atoms. The summed E-state index contributed by atoms with van der Waals surface area (Å²) in [5.41, 5.74) is 5.25. The second-order valence-electron chi connectivity index (χ2n) is 6.67. The van der Waals surface area contributed by atoms with Gasteiger partial charge in [0.05, 0.1) is 13.2 Å². The summed E-state index contributed by atoms with van der Waals surface area (Å²) >= 11 is 0. The molecule has 0 aliphatic carbocycles. The Hall–Kier alpha value is -2.30. The summed E-state index contributed by atoms with van der Waals surface area (Å²) < 4.78 is 7.87. The molecule has 2 aromatic carbocycles. The SMILES string of the molecule is Cc1cc(C)c(OC[C@H](O)Cn2cc(CO)c3ccccc32)c(C)c1. The zero-order valence-corrected chi connectivity index (χ0v) is 15.0. The molecule has 0 radical (unpaired) electrons. The average molecular weight is 339 g/mol. The monoisotopic (exact) mass is 339 g/mol. The van der Waals surface area contributed by atoms with Gasteiger partial charge in [-0.2, -0.15) is 0 Å². The number of ether oxygens (including phenoxy) is 1. The van der Waals surface area contributed by atoms with Crippen LogP contribution in [0.25, 0.3) is 10.9 Å². The van der Waals surface area contributed by atoms with Gasteiger partial charge in [0.2, 0.25) is 0 Å². The number of rotatable bonds is 6. The fraction of sp³-hybridized carbons (Fsp3) is 0.333. The van der Waals surface area contributed by atoms with Gasteiger partial charge in [-0.15, -0.1) is 0 Å². The molecule has 3 aromatic rings. The third-order valence-electron chi connectivity index (χ3n) is 4.47. The molecule has 3 rings (SSSR count). The van der Waals surface area contributed by atoms with E-state index in [0.717, 1.165) is 33.3 Å². The molecule has 0 amide bonds. The Morgan fingerprint density at radius 3 is 2.44 bits per heavy atom. The molecule has 1 aromatic heterocycles. The molecule has 4 nitrogen and oxygen atoms in total. The Morgan fingerprint density at radius 1 is 1.08 bits per heavy atom. The maximum atomic E-state index is 10.4. The van der Waals surface area contributed by atoms with Crippen molar-refractivity contribution in [2.45, 2.75) is 40.0 Å². The third-order valence-corrected chi connectivity index (χ3v) is 4.47. The number of aliphatic hydroxyl groups excluding tert-OH is 2. The van der Waals surface area contributed by atoms with Crippen molar-refractivity contribution < 1.29 is 14.9 Å². The first-order chi connectivity index (χ1) is 12.0. The summed E-state index contributed by atoms with van der Waals surface area (Å²) in [6.07, 6.45) is 1.26. The van der Waals surface area contributed by atoms with Crippen LogP contribution in [0.3, 0.4) is 0 Å². The van der Waals surface area contributed by atoms with Crippen molar-refractivity contribution in [3.8, 4) is 5.75 Å². The fourth-order valence-corrected chi connectivity index (χ4v) is 3.45. The molecule has 0 fully saturated rings. The Labute approximate surface area is 148 Å². The molecule has 1 atom stereocenters. The summed E-state index contributed by atoms with van der Waals surface area (Å²) in [7, 11) is 0. The van der Waals surface area contributed by atoms with Crippen LogP contribution < -0.4 is 4.74 Å². The highest BCUT2D eigenvalue weighted by Gasteiger charge is 2.13. The van der Waals surface area contributed by atoms with Gasteiger partial charge in [-0.25, -0.2) is 0 Å². The molecule has 0 saturated heterocycles. The van der Waals surface area contributed by atoms with Gasteiger partial charge in [-0.05, 0) is 38.0 Å². The van der Waals surface area contributed by atoms with Crippen molar-refractivity contribution in [3.63, 3.8) is 0 Å². The summed E-state index contributed by atoms with van der Waals surface area (Å²) in [5.74, 6) is 0.845. The Kier molecular flexibility index (Phi) is 5.11. The molecular weight excluding hydrogens is 314 g/mol. The van der Waals surface area contributed by atoms with Gasteiger partial charge in [0.15, 0.2) is 0 Å². The van der Waals surface area contributed by atoms with E-state index in [1.165, 1.54) is 5.56 Å². The van der Waals surface area contributed by atoms with E-state index in [9.17, 15) is 10.2 Å². The minimum Gasteiger partial charge on any atom is -0.490 e. The van der Waals surface area contributed by atoms with Gasteiger partial charge in [0.25, 0.3) is 0 Å². The van der Waals surface area contributed by atoms with Gasteiger partial charge in [0, 0.05) is 22.7 Å². The second-order valence-corrected chi connectivity index (χ2v) is 6.67. The van der Waals surface area contributed by atoms with Gasteiger partial charge in [-0.3, -0.25) is 0 Å². The number of hydrogen-bond donors (Lipinski definition) is 2. The zero-order valence-electron chi connectivity index (χ0n) is 15.0. The smallest absolute Gasteiger partial charge is 0.125 e. The van der Waals surface area contributed by atoms with Crippen LogP contribution in [0.5, 0.6) is 5.75 Å². The van der Waals surface area contributed by atoms with Crippen LogP contribution in [0.15, 0.2) is 42.6 Å². The molecule has 0 aliphatic rings. The zero-order chi connectivity index (χ0) is 18.0. The first-order valence-electron chi connectivity index (χ1n) is 8.56. The highest BCUT2D eigenvalue weighted by molar-refractivity contribution is 5.83. The lowest BCUT2D eigenvalue weighted by Gasteiger charge is -2.17. The molecule has 0 bridgehead atoms. The maximum Gasteiger partial charge on any atom is 0.125 e. The number of hydrogen-bond acceptors (Lipinski definition) is 3. The molecule has 0 aliphatic heterocycles. The van der Waals surface area contributed by atoms with Crippen LogP contribution in [0, 0.1) is 20.8 Å². The van der Waals surface area contributed by atoms with Gasteiger partial charge in [0.1, 0.15) is 18.5 Å². The van der Waals surface area contributed by atoms with Crippen LogP contribution in [0.2, 0.25) is 0 Å². The van der Waals surface area contributed by atoms with Crippen molar-refractivity contribution in [1.82, 2.24) is 4.57 Å². The van der Waals surface area contributed by atoms with Crippen LogP contribution in [0.4, 0.5) is 0 Å². The van der Waals surface area contributed by atoms with E-state index in [0.29, 0.717) is 6.54 Å². The predicted octanol–water partition coefficient (Wildman–Crippen LogP) is 3.50. The van der Waals surface area contributed by atoms with E-state index in [4.69, 9.17) is 4.74 Å². The highest BCUT2D eigenvalue weighted by Crippen LogP contribution is 2.25. The van der Waals surface area contributed by atoms with Crippen LogP contribution in [0.1, 0.15) is 22.3 Å². The summed E-state index contributed by atoms with van der Waals surface area (Å²) in [6.45, 7) is 6.75. The topological polar surface area (TPSA) is 54.6 Å². The second kappa shape index (κ2) is 7.30.